The Balaban J connectivity index is 1.74. The van der Waals surface area contributed by atoms with Gasteiger partial charge >= 0.3 is 0 Å². The van der Waals surface area contributed by atoms with Crippen LogP contribution in [0.4, 0.5) is 5.69 Å². The standard InChI is InChI=1S/C16H18N2OS/c1-12-8-13-4-2-3-5-15(13)18(9-12)16(19)7-6-14-10-20-11-17-14/h2-5,10-12H,6-9H2,1H3/t12-/m1/s1. The molecule has 1 aromatic carbocycles. The number of nitrogens with zero attached hydrogens (tertiary/aromatic N) is 2. The van der Waals surface area contributed by atoms with Crippen molar-refractivity contribution >= 4 is 22.9 Å². The van der Waals surface area contributed by atoms with E-state index in [-0.39, 0.29) is 5.91 Å². The van der Waals surface area contributed by atoms with E-state index in [1.807, 2.05) is 21.9 Å². The van der Waals surface area contributed by atoms with E-state index < -0.39 is 0 Å². The zero-order valence-corrected chi connectivity index (χ0v) is 12.4. The van der Waals surface area contributed by atoms with Gasteiger partial charge < -0.3 is 4.90 Å². The van der Waals surface area contributed by atoms with Gasteiger partial charge in [-0.2, -0.15) is 0 Å². The highest BCUT2D eigenvalue weighted by Crippen LogP contribution is 2.29. The number of carbonyl (C=O) groups excluding carboxylic acids is 1. The molecule has 1 atom stereocenters. The summed E-state index contributed by atoms with van der Waals surface area (Å²) in [6, 6.07) is 8.25. The lowest BCUT2D eigenvalue weighted by Gasteiger charge is -2.33. The second-order valence-electron chi connectivity index (χ2n) is 5.42. The van der Waals surface area contributed by atoms with Crippen LogP contribution in [-0.2, 0) is 17.6 Å². The van der Waals surface area contributed by atoms with Gasteiger partial charge in [-0.1, -0.05) is 25.1 Å². The van der Waals surface area contributed by atoms with Crippen LogP contribution in [0.3, 0.4) is 0 Å². The molecule has 0 unspecified atom stereocenters. The third-order valence-electron chi connectivity index (χ3n) is 3.72. The van der Waals surface area contributed by atoms with Gasteiger partial charge in [-0.25, -0.2) is 4.98 Å². The van der Waals surface area contributed by atoms with Crippen LogP contribution in [0.5, 0.6) is 0 Å². The fraction of sp³-hybridized carbons (Fsp3) is 0.375. The number of anilines is 1. The van der Waals surface area contributed by atoms with Gasteiger partial charge in [-0.3, -0.25) is 4.79 Å². The summed E-state index contributed by atoms with van der Waals surface area (Å²) in [5.74, 6) is 0.727. The fourth-order valence-electron chi connectivity index (χ4n) is 2.76. The monoisotopic (exact) mass is 286 g/mol. The predicted molar refractivity (Wildman–Crippen MR) is 82.1 cm³/mol. The van der Waals surface area contributed by atoms with Crippen molar-refractivity contribution in [3.63, 3.8) is 0 Å². The number of hydrogen-bond donors (Lipinski definition) is 0. The molecule has 20 heavy (non-hydrogen) atoms. The van der Waals surface area contributed by atoms with Crippen LogP contribution in [0.1, 0.15) is 24.6 Å². The summed E-state index contributed by atoms with van der Waals surface area (Å²) < 4.78 is 0. The fourth-order valence-corrected chi connectivity index (χ4v) is 3.36. The second kappa shape index (κ2) is 5.75. The Labute approximate surface area is 123 Å². The maximum atomic E-state index is 12.5. The molecule has 0 N–H and O–H groups in total. The molecule has 0 bridgehead atoms. The molecule has 0 saturated carbocycles. The number of fused-ring (bicyclic) bond motifs is 1. The first-order chi connectivity index (χ1) is 9.74. The van der Waals surface area contributed by atoms with Gasteiger partial charge in [-0.05, 0) is 30.4 Å². The Kier molecular flexibility index (Phi) is 3.83. The van der Waals surface area contributed by atoms with Gasteiger partial charge in [0, 0.05) is 24.0 Å². The van der Waals surface area contributed by atoms with Crippen molar-refractivity contribution in [2.45, 2.75) is 26.2 Å². The van der Waals surface area contributed by atoms with Crippen molar-refractivity contribution in [1.82, 2.24) is 4.98 Å². The van der Waals surface area contributed by atoms with Crippen LogP contribution in [0.15, 0.2) is 35.2 Å². The lowest BCUT2D eigenvalue weighted by Crippen LogP contribution is -2.39. The van der Waals surface area contributed by atoms with Gasteiger partial charge in [0.1, 0.15) is 0 Å². The zero-order valence-electron chi connectivity index (χ0n) is 11.6. The molecule has 1 aliphatic heterocycles. The Hall–Kier alpha value is -1.68. The molecular formula is C16H18N2OS. The number of thiazole rings is 1. The number of aromatic nitrogens is 1. The zero-order chi connectivity index (χ0) is 13.9. The first-order valence-corrected chi connectivity index (χ1v) is 7.93. The van der Waals surface area contributed by atoms with Crippen LogP contribution < -0.4 is 4.90 Å². The van der Waals surface area contributed by atoms with Crippen molar-refractivity contribution in [2.24, 2.45) is 5.92 Å². The summed E-state index contributed by atoms with van der Waals surface area (Å²) in [5.41, 5.74) is 5.21. The molecule has 3 rings (SSSR count). The summed E-state index contributed by atoms with van der Waals surface area (Å²) in [6.07, 6.45) is 2.33. The number of benzene rings is 1. The molecule has 2 aromatic rings. The van der Waals surface area contributed by atoms with Crippen LogP contribution in [0.25, 0.3) is 0 Å². The Morgan fingerprint density at radius 3 is 3.10 bits per heavy atom. The molecule has 0 spiro atoms. The minimum Gasteiger partial charge on any atom is -0.312 e. The van der Waals surface area contributed by atoms with Crippen molar-refractivity contribution in [3.8, 4) is 0 Å². The summed E-state index contributed by atoms with van der Waals surface area (Å²) in [5, 5.41) is 2.01. The van der Waals surface area contributed by atoms with Crippen LogP contribution in [-0.4, -0.2) is 17.4 Å². The molecule has 0 saturated heterocycles. The van der Waals surface area contributed by atoms with Gasteiger partial charge in [0.25, 0.3) is 0 Å². The largest absolute Gasteiger partial charge is 0.312 e. The van der Waals surface area contributed by atoms with Crippen LogP contribution in [0, 0.1) is 5.92 Å². The number of para-hydroxylation sites is 1. The smallest absolute Gasteiger partial charge is 0.227 e. The molecule has 4 heteroatoms. The molecule has 1 aromatic heterocycles. The molecule has 0 fully saturated rings. The molecule has 0 aliphatic carbocycles. The number of rotatable bonds is 3. The van der Waals surface area contributed by atoms with Crippen molar-refractivity contribution in [2.75, 3.05) is 11.4 Å². The molecule has 0 radical (unpaired) electrons. The van der Waals surface area contributed by atoms with Crippen molar-refractivity contribution in [1.29, 1.82) is 0 Å². The number of amides is 1. The summed E-state index contributed by atoms with van der Waals surface area (Å²) in [7, 11) is 0. The van der Waals surface area contributed by atoms with Gasteiger partial charge in [0.05, 0.1) is 11.2 Å². The van der Waals surface area contributed by atoms with Crippen molar-refractivity contribution in [3.05, 3.63) is 46.4 Å². The quantitative estimate of drug-likeness (QED) is 0.867. The highest BCUT2D eigenvalue weighted by molar-refractivity contribution is 7.07. The maximum absolute atomic E-state index is 12.5. The van der Waals surface area contributed by atoms with E-state index in [0.717, 1.165) is 30.8 Å². The maximum Gasteiger partial charge on any atom is 0.227 e. The van der Waals surface area contributed by atoms with Gasteiger partial charge in [0.2, 0.25) is 5.91 Å². The average Bonchev–Trinajstić information content (AvgIpc) is 2.97. The van der Waals surface area contributed by atoms with Crippen molar-refractivity contribution < 1.29 is 4.79 Å². The summed E-state index contributed by atoms with van der Waals surface area (Å²) in [6.45, 7) is 3.03. The molecule has 3 nitrogen and oxygen atoms in total. The summed E-state index contributed by atoms with van der Waals surface area (Å²) >= 11 is 1.58. The Morgan fingerprint density at radius 1 is 1.45 bits per heavy atom. The minimum atomic E-state index is 0.206. The third-order valence-corrected chi connectivity index (χ3v) is 4.36. The molecule has 1 amide bonds. The Morgan fingerprint density at radius 2 is 2.30 bits per heavy atom. The average molecular weight is 286 g/mol. The summed E-state index contributed by atoms with van der Waals surface area (Å²) in [4.78, 5) is 18.7. The third kappa shape index (κ3) is 2.75. The SMILES string of the molecule is C[C@@H]1Cc2ccccc2N(C(=O)CCc2cscn2)C1. The van der Waals surface area contributed by atoms with Gasteiger partial charge in [-0.15, -0.1) is 11.3 Å². The van der Waals surface area contributed by atoms with Crippen LogP contribution in [0.2, 0.25) is 0 Å². The van der Waals surface area contributed by atoms with E-state index >= 15 is 0 Å². The van der Waals surface area contributed by atoms with E-state index in [0.29, 0.717) is 12.3 Å². The second-order valence-corrected chi connectivity index (χ2v) is 6.14. The number of hydrogen-bond acceptors (Lipinski definition) is 3. The highest BCUT2D eigenvalue weighted by Gasteiger charge is 2.25. The van der Waals surface area contributed by atoms with Gasteiger partial charge in [0.15, 0.2) is 0 Å². The predicted octanol–water partition coefficient (Wildman–Crippen LogP) is 3.30. The number of aryl methyl sites for hydroxylation is 1. The van der Waals surface area contributed by atoms with E-state index in [9.17, 15) is 4.79 Å². The first kappa shape index (κ1) is 13.3. The lowest BCUT2D eigenvalue weighted by molar-refractivity contribution is -0.118. The normalized spacial score (nSPS) is 17.9. The molecule has 1 aliphatic rings. The molecule has 104 valence electrons. The highest BCUT2D eigenvalue weighted by atomic mass is 32.1. The Bertz CT molecular complexity index is 594. The van der Waals surface area contributed by atoms with E-state index in [1.165, 1.54) is 5.56 Å². The first-order valence-electron chi connectivity index (χ1n) is 6.99. The molecule has 2 heterocycles. The molecular weight excluding hydrogens is 268 g/mol. The number of carbonyl (C=O) groups is 1. The topological polar surface area (TPSA) is 33.2 Å². The van der Waals surface area contributed by atoms with E-state index in [2.05, 4.69) is 30.1 Å². The van der Waals surface area contributed by atoms with E-state index in [4.69, 9.17) is 0 Å². The minimum absolute atomic E-state index is 0.206. The lowest BCUT2D eigenvalue weighted by atomic mass is 9.93. The van der Waals surface area contributed by atoms with Crippen LogP contribution >= 0.6 is 11.3 Å². The van der Waals surface area contributed by atoms with E-state index in [1.54, 1.807) is 11.3 Å².